The monoisotopic (exact) mass is 272 g/mol. The van der Waals surface area contributed by atoms with Crippen LogP contribution in [-0.4, -0.2) is 59.3 Å². The molecule has 2 unspecified atom stereocenters. The number of likely N-dealkylation sites (tertiary alicyclic amines) is 1. The maximum Gasteiger partial charge on any atom is 0.303 e. The normalized spacial score (nSPS) is 23.7. The molecular weight excluding hydrogens is 248 g/mol. The molecule has 1 heterocycles. The fourth-order valence-corrected chi connectivity index (χ4v) is 2.56. The minimum Gasteiger partial charge on any atom is -0.481 e. The van der Waals surface area contributed by atoms with Crippen LogP contribution in [0.4, 0.5) is 0 Å². The summed E-state index contributed by atoms with van der Waals surface area (Å²) in [5.74, 6) is -0.872. The Kier molecular flexibility index (Phi) is 6.24. The molecule has 1 aliphatic rings. The highest BCUT2D eigenvalue weighted by Gasteiger charge is 2.31. The summed E-state index contributed by atoms with van der Waals surface area (Å²) in [6, 6.07) is 0.0629. The number of nitrogens with zero attached hydrogens (tertiary/aromatic N) is 1. The van der Waals surface area contributed by atoms with Crippen LogP contribution in [0.2, 0.25) is 0 Å². The molecule has 0 aromatic rings. The molecule has 1 aliphatic heterocycles. The van der Waals surface area contributed by atoms with Gasteiger partial charge < -0.3 is 20.4 Å². The van der Waals surface area contributed by atoms with E-state index in [1.54, 1.807) is 4.90 Å². The van der Waals surface area contributed by atoms with Crippen LogP contribution in [0.15, 0.2) is 0 Å². The molecular formula is C13H24N2O4. The van der Waals surface area contributed by atoms with Gasteiger partial charge in [-0.05, 0) is 12.3 Å². The number of aliphatic hydroxyl groups is 1. The molecule has 1 saturated heterocycles. The zero-order valence-electron chi connectivity index (χ0n) is 11.6. The summed E-state index contributed by atoms with van der Waals surface area (Å²) < 4.78 is 0. The highest BCUT2D eigenvalue weighted by atomic mass is 16.4. The minimum absolute atomic E-state index is 0.0230. The molecule has 0 radical (unpaired) electrons. The van der Waals surface area contributed by atoms with Gasteiger partial charge in [0, 0.05) is 38.0 Å². The molecule has 0 bridgehead atoms. The van der Waals surface area contributed by atoms with Crippen LogP contribution in [0.5, 0.6) is 0 Å². The van der Waals surface area contributed by atoms with E-state index in [0.29, 0.717) is 19.6 Å². The number of amides is 1. The van der Waals surface area contributed by atoms with Crippen LogP contribution in [0, 0.1) is 11.8 Å². The topological polar surface area (TPSA) is 89.9 Å². The molecule has 3 N–H and O–H groups in total. The van der Waals surface area contributed by atoms with E-state index in [0.717, 1.165) is 6.42 Å². The van der Waals surface area contributed by atoms with Crippen molar-refractivity contribution >= 4 is 11.9 Å². The fraction of sp³-hybridized carbons (Fsp3) is 0.846. The maximum atomic E-state index is 12.0. The molecule has 2 atom stereocenters. The van der Waals surface area contributed by atoms with Crippen molar-refractivity contribution in [1.82, 2.24) is 10.2 Å². The van der Waals surface area contributed by atoms with E-state index < -0.39 is 5.97 Å². The number of carbonyl (C=O) groups is 2. The van der Waals surface area contributed by atoms with Gasteiger partial charge in [-0.25, -0.2) is 0 Å². The predicted octanol–water partition coefficient (Wildman–Crippen LogP) is -0.0839. The number of carboxylic acid groups (broad SMARTS) is 1. The van der Waals surface area contributed by atoms with Crippen molar-refractivity contribution in [2.24, 2.45) is 11.8 Å². The van der Waals surface area contributed by atoms with Gasteiger partial charge in [0.15, 0.2) is 0 Å². The summed E-state index contributed by atoms with van der Waals surface area (Å²) in [7, 11) is 0. The second kappa shape index (κ2) is 7.45. The molecule has 1 rings (SSSR count). The zero-order valence-corrected chi connectivity index (χ0v) is 11.6. The molecule has 19 heavy (non-hydrogen) atoms. The Balaban J connectivity index is 2.65. The van der Waals surface area contributed by atoms with Crippen molar-refractivity contribution < 1.29 is 19.8 Å². The lowest BCUT2D eigenvalue weighted by atomic mass is 9.90. The van der Waals surface area contributed by atoms with Crippen molar-refractivity contribution in [2.75, 3.05) is 26.2 Å². The van der Waals surface area contributed by atoms with Gasteiger partial charge in [-0.3, -0.25) is 9.59 Å². The van der Waals surface area contributed by atoms with Gasteiger partial charge in [-0.2, -0.15) is 0 Å². The largest absolute Gasteiger partial charge is 0.481 e. The third-order valence-corrected chi connectivity index (χ3v) is 3.35. The standard InChI is InChI=1S/C13H24N2O4/c1-9(2)13(19)15-7-10(6-12(17)18)5-11(8-15)14-3-4-16/h9-11,14,16H,3-8H2,1-2H3,(H,17,18). The molecule has 6 heteroatoms. The van der Waals surface area contributed by atoms with Crippen molar-refractivity contribution in [2.45, 2.75) is 32.7 Å². The molecule has 0 aliphatic carbocycles. The summed E-state index contributed by atoms with van der Waals surface area (Å²) in [4.78, 5) is 24.6. The summed E-state index contributed by atoms with van der Waals surface area (Å²) in [5.41, 5.74) is 0. The molecule has 0 saturated carbocycles. The zero-order chi connectivity index (χ0) is 14.4. The number of carboxylic acids is 1. The number of aliphatic hydroxyl groups excluding tert-OH is 1. The van der Waals surface area contributed by atoms with Crippen LogP contribution in [0.3, 0.4) is 0 Å². The summed E-state index contributed by atoms with van der Waals surface area (Å²) in [5, 5.41) is 20.9. The van der Waals surface area contributed by atoms with Crippen molar-refractivity contribution in [3.8, 4) is 0 Å². The first-order valence-corrected chi connectivity index (χ1v) is 6.78. The molecule has 1 amide bonds. The van der Waals surface area contributed by atoms with Gasteiger partial charge in [-0.15, -0.1) is 0 Å². The molecule has 0 aromatic carbocycles. The van der Waals surface area contributed by atoms with Gasteiger partial charge in [-0.1, -0.05) is 13.8 Å². The lowest BCUT2D eigenvalue weighted by Crippen LogP contribution is -2.53. The number of rotatable bonds is 6. The molecule has 110 valence electrons. The van der Waals surface area contributed by atoms with Crippen LogP contribution >= 0.6 is 0 Å². The third kappa shape index (κ3) is 5.16. The first-order chi connectivity index (χ1) is 8.93. The lowest BCUT2D eigenvalue weighted by molar-refractivity contribution is -0.142. The number of hydrogen-bond donors (Lipinski definition) is 3. The van der Waals surface area contributed by atoms with Gasteiger partial charge in [0.25, 0.3) is 0 Å². The fourth-order valence-electron chi connectivity index (χ4n) is 2.56. The second-order valence-electron chi connectivity index (χ2n) is 5.47. The Morgan fingerprint density at radius 2 is 2.05 bits per heavy atom. The molecule has 6 nitrogen and oxygen atoms in total. The van der Waals surface area contributed by atoms with Gasteiger partial charge in [0.1, 0.15) is 0 Å². The quantitative estimate of drug-likeness (QED) is 0.629. The van der Waals surface area contributed by atoms with Crippen LogP contribution < -0.4 is 5.32 Å². The van der Waals surface area contributed by atoms with E-state index in [2.05, 4.69) is 5.32 Å². The van der Waals surface area contributed by atoms with Gasteiger partial charge >= 0.3 is 5.97 Å². The number of aliphatic carboxylic acids is 1. The minimum atomic E-state index is -0.829. The number of piperidine rings is 1. The van der Waals surface area contributed by atoms with Crippen LogP contribution in [-0.2, 0) is 9.59 Å². The lowest BCUT2D eigenvalue weighted by Gasteiger charge is -2.38. The van der Waals surface area contributed by atoms with Crippen LogP contribution in [0.25, 0.3) is 0 Å². The highest BCUT2D eigenvalue weighted by Crippen LogP contribution is 2.21. The summed E-state index contributed by atoms with van der Waals surface area (Å²) >= 11 is 0. The average molecular weight is 272 g/mol. The number of nitrogens with one attached hydrogen (secondary N) is 1. The summed E-state index contributed by atoms with van der Waals surface area (Å²) in [6.45, 7) is 5.30. The molecule has 0 aromatic heterocycles. The van der Waals surface area contributed by atoms with E-state index >= 15 is 0 Å². The Hall–Kier alpha value is -1.14. The average Bonchev–Trinajstić information content (AvgIpc) is 2.34. The number of hydrogen-bond acceptors (Lipinski definition) is 4. The van der Waals surface area contributed by atoms with Crippen molar-refractivity contribution in [3.63, 3.8) is 0 Å². The Morgan fingerprint density at radius 3 is 2.58 bits per heavy atom. The highest BCUT2D eigenvalue weighted by molar-refractivity contribution is 5.78. The van der Waals surface area contributed by atoms with E-state index in [4.69, 9.17) is 10.2 Å². The van der Waals surface area contributed by atoms with Gasteiger partial charge in [0.05, 0.1) is 6.61 Å². The first-order valence-electron chi connectivity index (χ1n) is 6.78. The summed E-state index contributed by atoms with van der Waals surface area (Å²) in [6.07, 6.45) is 0.813. The van der Waals surface area contributed by atoms with Crippen LogP contribution in [0.1, 0.15) is 26.7 Å². The number of carbonyl (C=O) groups excluding carboxylic acids is 1. The SMILES string of the molecule is CC(C)C(=O)N1CC(CC(=O)O)CC(NCCO)C1. The third-order valence-electron chi connectivity index (χ3n) is 3.35. The van der Waals surface area contributed by atoms with Crippen molar-refractivity contribution in [3.05, 3.63) is 0 Å². The van der Waals surface area contributed by atoms with E-state index in [-0.39, 0.29) is 36.8 Å². The maximum absolute atomic E-state index is 12.0. The van der Waals surface area contributed by atoms with Crippen molar-refractivity contribution in [1.29, 1.82) is 0 Å². The molecule has 0 spiro atoms. The molecule has 1 fully saturated rings. The second-order valence-corrected chi connectivity index (χ2v) is 5.47. The van der Waals surface area contributed by atoms with E-state index in [9.17, 15) is 9.59 Å². The first kappa shape index (κ1) is 15.9. The van der Waals surface area contributed by atoms with E-state index in [1.807, 2.05) is 13.8 Å². The Morgan fingerprint density at radius 1 is 1.37 bits per heavy atom. The smallest absolute Gasteiger partial charge is 0.303 e. The van der Waals surface area contributed by atoms with Gasteiger partial charge in [0.2, 0.25) is 5.91 Å². The Labute approximate surface area is 113 Å². The Bertz CT molecular complexity index is 320. The van der Waals surface area contributed by atoms with E-state index in [1.165, 1.54) is 0 Å². The predicted molar refractivity (Wildman–Crippen MR) is 70.7 cm³/mol.